The quantitative estimate of drug-likeness (QED) is 0.284. The van der Waals surface area contributed by atoms with Gasteiger partial charge in [-0.25, -0.2) is 9.59 Å². The molecule has 0 saturated carbocycles. The van der Waals surface area contributed by atoms with Gasteiger partial charge in [0, 0.05) is 6.07 Å². The molecule has 3 rings (SSSR count). The number of nitro benzene ring substituents is 1. The normalized spacial score (nSPS) is 10.2. The average Bonchev–Trinajstić information content (AvgIpc) is 2.68. The lowest BCUT2D eigenvalue weighted by atomic mass is 10.1. The minimum Gasteiger partial charge on any atom is -0.423 e. The summed E-state index contributed by atoms with van der Waals surface area (Å²) in [4.78, 5) is 35.3. The number of benzene rings is 3. The third kappa shape index (κ3) is 4.39. The second-order valence-electron chi connectivity index (χ2n) is 5.90. The first-order valence-electron chi connectivity index (χ1n) is 8.28. The van der Waals surface area contributed by atoms with Crippen LogP contribution in [0, 0.1) is 17.0 Å². The number of aryl methyl sites for hydroxylation is 1. The number of esters is 2. The van der Waals surface area contributed by atoms with Gasteiger partial charge in [0.15, 0.2) is 0 Å². The third-order valence-electron chi connectivity index (χ3n) is 3.81. The van der Waals surface area contributed by atoms with Crippen LogP contribution in [0.1, 0.15) is 26.3 Å². The fourth-order valence-electron chi connectivity index (χ4n) is 2.50. The van der Waals surface area contributed by atoms with E-state index in [0.29, 0.717) is 5.75 Å². The second-order valence-corrected chi connectivity index (χ2v) is 5.90. The number of rotatable bonds is 5. The monoisotopic (exact) mass is 377 g/mol. The molecule has 0 aromatic heterocycles. The van der Waals surface area contributed by atoms with E-state index in [9.17, 15) is 19.7 Å². The van der Waals surface area contributed by atoms with Crippen molar-refractivity contribution in [2.75, 3.05) is 0 Å². The van der Waals surface area contributed by atoms with E-state index in [1.807, 2.05) is 13.0 Å². The summed E-state index contributed by atoms with van der Waals surface area (Å²) in [5.41, 5.74) is 0.729. The number of nitrogens with zero attached hydrogens (tertiary/aromatic N) is 1. The van der Waals surface area contributed by atoms with Crippen LogP contribution in [0.5, 0.6) is 11.5 Å². The largest absolute Gasteiger partial charge is 0.423 e. The highest BCUT2D eigenvalue weighted by Crippen LogP contribution is 2.22. The summed E-state index contributed by atoms with van der Waals surface area (Å²) in [6.45, 7) is 1.86. The van der Waals surface area contributed by atoms with Gasteiger partial charge in [-0.2, -0.15) is 0 Å². The fraction of sp³-hybridized carbons (Fsp3) is 0.0476. The van der Waals surface area contributed by atoms with Crippen molar-refractivity contribution in [1.82, 2.24) is 0 Å². The average molecular weight is 377 g/mol. The van der Waals surface area contributed by atoms with Gasteiger partial charge in [-0.15, -0.1) is 0 Å². The van der Waals surface area contributed by atoms with Gasteiger partial charge in [0.1, 0.15) is 11.5 Å². The van der Waals surface area contributed by atoms with Crippen molar-refractivity contribution in [3.8, 4) is 11.5 Å². The van der Waals surface area contributed by atoms with E-state index in [2.05, 4.69) is 0 Å². The first-order chi connectivity index (χ1) is 13.4. The van der Waals surface area contributed by atoms with E-state index in [0.717, 1.165) is 11.6 Å². The highest BCUT2D eigenvalue weighted by Gasteiger charge is 2.20. The molecule has 0 fully saturated rings. The molecule has 0 unspecified atom stereocenters. The summed E-state index contributed by atoms with van der Waals surface area (Å²) >= 11 is 0. The molecule has 28 heavy (non-hydrogen) atoms. The van der Waals surface area contributed by atoms with Crippen LogP contribution >= 0.6 is 0 Å². The van der Waals surface area contributed by atoms with Crippen LogP contribution in [0.3, 0.4) is 0 Å². The van der Waals surface area contributed by atoms with Crippen LogP contribution in [0.4, 0.5) is 5.69 Å². The molecule has 0 heterocycles. The van der Waals surface area contributed by atoms with Gasteiger partial charge in [-0.05, 0) is 42.8 Å². The van der Waals surface area contributed by atoms with Crippen molar-refractivity contribution in [2.45, 2.75) is 6.92 Å². The van der Waals surface area contributed by atoms with E-state index in [1.165, 1.54) is 30.3 Å². The Morgan fingerprint density at radius 1 is 0.786 bits per heavy atom. The SMILES string of the molecule is Cc1cccc(OC(=O)c2ccccc2C(=O)Oc2cccc([N+](=O)[O-])c2)c1. The summed E-state index contributed by atoms with van der Waals surface area (Å²) in [5, 5.41) is 10.9. The zero-order chi connectivity index (χ0) is 20.1. The predicted molar refractivity (Wildman–Crippen MR) is 101 cm³/mol. The lowest BCUT2D eigenvalue weighted by molar-refractivity contribution is -0.384. The highest BCUT2D eigenvalue weighted by atomic mass is 16.6. The van der Waals surface area contributed by atoms with Gasteiger partial charge in [-0.1, -0.05) is 30.3 Å². The zero-order valence-electron chi connectivity index (χ0n) is 14.8. The molecule has 7 nitrogen and oxygen atoms in total. The Bertz CT molecular complexity index is 1060. The lowest BCUT2D eigenvalue weighted by Gasteiger charge is -2.10. The van der Waals surface area contributed by atoms with Crippen molar-refractivity contribution in [1.29, 1.82) is 0 Å². The van der Waals surface area contributed by atoms with Crippen LogP contribution in [0.25, 0.3) is 0 Å². The van der Waals surface area contributed by atoms with Crippen molar-refractivity contribution < 1.29 is 24.0 Å². The van der Waals surface area contributed by atoms with E-state index >= 15 is 0 Å². The van der Waals surface area contributed by atoms with E-state index in [4.69, 9.17) is 9.47 Å². The minimum absolute atomic E-state index is 0.000976. The van der Waals surface area contributed by atoms with Gasteiger partial charge >= 0.3 is 11.9 Å². The number of hydrogen-bond donors (Lipinski definition) is 0. The smallest absolute Gasteiger partial charge is 0.344 e. The Hall–Kier alpha value is -4.00. The van der Waals surface area contributed by atoms with Gasteiger partial charge < -0.3 is 9.47 Å². The predicted octanol–water partition coefficient (Wildman–Crippen LogP) is 4.34. The Kier molecular flexibility index (Phi) is 5.45. The van der Waals surface area contributed by atoms with Crippen LogP contribution in [-0.4, -0.2) is 16.9 Å². The first kappa shape index (κ1) is 18.8. The molecule has 0 saturated heterocycles. The number of nitro groups is 1. The summed E-state index contributed by atoms with van der Waals surface area (Å²) in [7, 11) is 0. The highest BCUT2D eigenvalue weighted by molar-refractivity contribution is 6.04. The Labute approximate surface area is 160 Å². The fourth-order valence-corrected chi connectivity index (χ4v) is 2.50. The first-order valence-corrected chi connectivity index (χ1v) is 8.28. The molecule has 0 amide bonds. The van der Waals surface area contributed by atoms with Gasteiger partial charge in [0.05, 0.1) is 22.1 Å². The number of carbonyl (C=O) groups is 2. The van der Waals surface area contributed by atoms with Crippen LogP contribution in [-0.2, 0) is 0 Å². The van der Waals surface area contributed by atoms with E-state index < -0.39 is 16.9 Å². The zero-order valence-corrected chi connectivity index (χ0v) is 14.8. The van der Waals surface area contributed by atoms with Crippen LogP contribution in [0.15, 0.2) is 72.8 Å². The maximum atomic E-state index is 12.5. The molecule has 0 bridgehead atoms. The molecule has 0 radical (unpaired) electrons. The Morgan fingerprint density at radius 2 is 1.32 bits per heavy atom. The van der Waals surface area contributed by atoms with Gasteiger partial charge in [0.2, 0.25) is 0 Å². The van der Waals surface area contributed by atoms with Crippen molar-refractivity contribution in [3.63, 3.8) is 0 Å². The number of ether oxygens (including phenoxy) is 2. The van der Waals surface area contributed by atoms with E-state index in [-0.39, 0.29) is 22.6 Å². The molecule has 0 aliphatic rings. The number of non-ortho nitro benzene ring substituents is 1. The number of carbonyl (C=O) groups excluding carboxylic acids is 2. The molecular formula is C21H15NO6. The summed E-state index contributed by atoms with van der Waals surface area (Å²) in [5.74, 6) is -1.18. The Morgan fingerprint density at radius 3 is 1.86 bits per heavy atom. The number of hydrogen-bond acceptors (Lipinski definition) is 6. The standard InChI is InChI=1S/C21H15NO6/c1-14-6-4-8-16(12-14)27-20(23)18-10-2-3-11-19(18)21(24)28-17-9-5-7-15(13-17)22(25)26/h2-13H,1H3. The summed E-state index contributed by atoms with van der Waals surface area (Å²) in [6, 6.07) is 18.2. The summed E-state index contributed by atoms with van der Waals surface area (Å²) in [6.07, 6.45) is 0. The molecule has 3 aromatic rings. The molecule has 0 atom stereocenters. The molecule has 7 heteroatoms. The molecule has 0 aliphatic heterocycles. The van der Waals surface area contributed by atoms with Crippen LogP contribution < -0.4 is 9.47 Å². The van der Waals surface area contributed by atoms with Crippen LogP contribution in [0.2, 0.25) is 0 Å². The minimum atomic E-state index is -0.822. The molecular weight excluding hydrogens is 362 g/mol. The van der Waals surface area contributed by atoms with Gasteiger partial charge in [0.25, 0.3) is 5.69 Å². The maximum absolute atomic E-state index is 12.5. The van der Waals surface area contributed by atoms with E-state index in [1.54, 1.807) is 30.3 Å². The second kappa shape index (κ2) is 8.13. The van der Waals surface area contributed by atoms with Crippen molar-refractivity contribution in [3.05, 3.63) is 99.6 Å². The molecule has 0 spiro atoms. The maximum Gasteiger partial charge on any atom is 0.344 e. The molecule has 3 aromatic carbocycles. The third-order valence-corrected chi connectivity index (χ3v) is 3.81. The molecule has 140 valence electrons. The van der Waals surface area contributed by atoms with Gasteiger partial charge in [-0.3, -0.25) is 10.1 Å². The summed E-state index contributed by atoms with van der Waals surface area (Å²) < 4.78 is 10.5. The Balaban J connectivity index is 1.83. The van der Waals surface area contributed by atoms with Crippen molar-refractivity contribution >= 4 is 17.6 Å². The molecule has 0 N–H and O–H groups in total. The molecule has 0 aliphatic carbocycles. The lowest BCUT2D eigenvalue weighted by Crippen LogP contribution is -2.17. The van der Waals surface area contributed by atoms with Crippen molar-refractivity contribution in [2.24, 2.45) is 0 Å². The topological polar surface area (TPSA) is 95.7 Å².